The Morgan fingerprint density at radius 1 is 1.44 bits per heavy atom. The minimum atomic E-state index is 0.625. The molecule has 3 heterocycles. The lowest BCUT2D eigenvalue weighted by Crippen LogP contribution is -2.22. The molecule has 2 aromatic rings. The molecule has 1 saturated heterocycles. The summed E-state index contributed by atoms with van der Waals surface area (Å²) in [4.78, 5) is 6.69. The number of anilines is 1. The molecular formula is C12H14ClN3. The van der Waals surface area contributed by atoms with Crippen molar-refractivity contribution in [2.24, 2.45) is 5.92 Å². The average Bonchev–Trinajstić information content (AvgIpc) is 2.97. The van der Waals surface area contributed by atoms with Crippen molar-refractivity contribution in [2.75, 3.05) is 23.9 Å². The SMILES string of the molecule is ClCC1CCN(c2cccc3nccn23)C1. The minimum Gasteiger partial charge on any atom is -0.357 e. The van der Waals surface area contributed by atoms with Crippen LogP contribution < -0.4 is 4.90 Å². The van der Waals surface area contributed by atoms with E-state index in [1.807, 2.05) is 18.5 Å². The van der Waals surface area contributed by atoms with Crippen LogP contribution in [-0.4, -0.2) is 28.4 Å². The Balaban J connectivity index is 1.97. The number of fused-ring (bicyclic) bond motifs is 1. The fraction of sp³-hybridized carbons (Fsp3) is 0.417. The molecule has 1 aliphatic rings. The highest BCUT2D eigenvalue weighted by atomic mass is 35.5. The Labute approximate surface area is 99.7 Å². The number of imidazole rings is 1. The minimum absolute atomic E-state index is 0.625. The third kappa shape index (κ3) is 1.55. The maximum Gasteiger partial charge on any atom is 0.138 e. The Morgan fingerprint density at radius 3 is 3.19 bits per heavy atom. The van der Waals surface area contributed by atoms with Crippen LogP contribution in [0.15, 0.2) is 30.6 Å². The number of rotatable bonds is 2. The molecule has 4 heteroatoms. The first-order valence-electron chi connectivity index (χ1n) is 5.61. The van der Waals surface area contributed by atoms with Gasteiger partial charge in [-0.3, -0.25) is 4.40 Å². The maximum atomic E-state index is 5.91. The van der Waals surface area contributed by atoms with Crippen LogP contribution in [0.3, 0.4) is 0 Å². The number of nitrogens with zero attached hydrogens (tertiary/aromatic N) is 3. The van der Waals surface area contributed by atoms with Gasteiger partial charge in [0.05, 0.1) is 0 Å². The smallest absolute Gasteiger partial charge is 0.138 e. The first-order valence-corrected chi connectivity index (χ1v) is 6.15. The number of halogens is 1. The van der Waals surface area contributed by atoms with Gasteiger partial charge in [-0.05, 0) is 24.5 Å². The summed E-state index contributed by atoms with van der Waals surface area (Å²) in [5.74, 6) is 2.61. The second kappa shape index (κ2) is 3.98. The number of aromatic nitrogens is 2. The zero-order valence-electron chi connectivity index (χ0n) is 9.01. The molecule has 0 bridgehead atoms. The molecule has 1 atom stereocenters. The summed E-state index contributed by atoms with van der Waals surface area (Å²) in [7, 11) is 0. The van der Waals surface area contributed by atoms with Crippen LogP contribution in [-0.2, 0) is 0 Å². The molecule has 0 radical (unpaired) electrons. The molecule has 0 N–H and O–H groups in total. The zero-order chi connectivity index (χ0) is 11.0. The van der Waals surface area contributed by atoms with Gasteiger partial charge < -0.3 is 4.90 Å². The second-order valence-electron chi connectivity index (χ2n) is 4.29. The standard InChI is InChI=1S/C12H14ClN3/c13-8-10-4-6-15(9-10)12-3-1-2-11-14-5-7-16(11)12/h1-3,5,7,10H,4,6,8-9H2. The fourth-order valence-corrected chi connectivity index (χ4v) is 2.61. The van der Waals surface area contributed by atoms with Crippen LogP contribution in [0.1, 0.15) is 6.42 Å². The van der Waals surface area contributed by atoms with E-state index in [2.05, 4.69) is 26.4 Å². The van der Waals surface area contributed by atoms with Crippen molar-refractivity contribution in [3.8, 4) is 0 Å². The van der Waals surface area contributed by atoms with E-state index in [0.717, 1.165) is 24.6 Å². The van der Waals surface area contributed by atoms with Gasteiger partial charge in [0.1, 0.15) is 11.5 Å². The van der Waals surface area contributed by atoms with Crippen molar-refractivity contribution in [2.45, 2.75) is 6.42 Å². The number of hydrogen-bond acceptors (Lipinski definition) is 2. The molecule has 16 heavy (non-hydrogen) atoms. The lowest BCUT2D eigenvalue weighted by molar-refractivity contribution is 0.666. The van der Waals surface area contributed by atoms with E-state index in [1.54, 1.807) is 0 Å². The van der Waals surface area contributed by atoms with Crippen molar-refractivity contribution >= 4 is 23.1 Å². The van der Waals surface area contributed by atoms with Gasteiger partial charge in [0.2, 0.25) is 0 Å². The largest absolute Gasteiger partial charge is 0.357 e. The van der Waals surface area contributed by atoms with E-state index in [-0.39, 0.29) is 0 Å². The molecule has 0 aromatic carbocycles. The third-order valence-electron chi connectivity index (χ3n) is 3.23. The van der Waals surface area contributed by atoms with Crippen LogP contribution in [0.25, 0.3) is 5.65 Å². The van der Waals surface area contributed by atoms with Gasteiger partial charge in [-0.15, -0.1) is 11.6 Å². The van der Waals surface area contributed by atoms with Gasteiger partial charge in [-0.25, -0.2) is 4.98 Å². The van der Waals surface area contributed by atoms with Gasteiger partial charge >= 0.3 is 0 Å². The quantitative estimate of drug-likeness (QED) is 0.746. The fourth-order valence-electron chi connectivity index (χ4n) is 2.36. The highest BCUT2D eigenvalue weighted by Crippen LogP contribution is 2.24. The van der Waals surface area contributed by atoms with Crippen LogP contribution in [0.2, 0.25) is 0 Å². The summed E-state index contributed by atoms with van der Waals surface area (Å²) in [6, 6.07) is 6.23. The molecule has 3 nitrogen and oxygen atoms in total. The third-order valence-corrected chi connectivity index (χ3v) is 3.67. The summed E-state index contributed by atoms with van der Waals surface area (Å²) in [5.41, 5.74) is 1.01. The van der Waals surface area contributed by atoms with Gasteiger partial charge in [0.25, 0.3) is 0 Å². The molecular weight excluding hydrogens is 222 g/mol. The van der Waals surface area contributed by atoms with Crippen molar-refractivity contribution in [3.63, 3.8) is 0 Å². The van der Waals surface area contributed by atoms with Crippen LogP contribution >= 0.6 is 11.6 Å². The molecule has 2 aromatic heterocycles. The van der Waals surface area contributed by atoms with Gasteiger partial charge in [-0.1, -0.05) is 6.07 Å². The van der Waals surface area contributed by atoms with Crippen molar-refractivity contribution < 1.29 is 0 Å². The molecule has 1 fully saturated rings. The van der Waals surface area contributed by atoms with Crippen molar-refractivity contribution in [1.82, 2.24) is 9.38 Å². The monoisotopic (exact) mass is 235 g/mol. The Bertz CT molecular complexity index is 494. The van der Waals surface area contributed by atoms with Crippen molar-refractivity contribution in [1.29, 1.82) is 0 Å². The first kappa shape index (κ1) is 9.97. The molecule has 0 aliphatic carbocycles. The van der Waals surface area contributed by atoms with Crippen LogP contribution in [0, 0.1) is 5.92 Å². The Morgan fingerprint density at radius 2 is 2.38 bits per heavy atom. The molecule has 84 valence electrons. The molecule has 0 saturated carbocycles. The first-order chi connectivity index (χ1) is 7.88. The van der Waals surface area contributed by atoms with E-state index < -0.39 is 0 Å². The number of alkyl halides is 1. The topological polar surface area (TPSA) is 20.5 Å². The molecule has 3 rings (SSSR count). The Hall–Kier alpha value is -1.22. The van der Waals surface area contributed by atoms with Crippen LogP contribution in [0.4, 0.5) is 5.82 Å². The predicted molar refractivity (Wildman–Crippen MR) is 66.2 cm³/mol. The summed E-state index contributed by atoms with van der Waals surface area (Å²) >= 11 is 5.91. The number of pyridine rings is 1. The van der Waals surface area contributed by atoms with E-state index >= 15 is 0 Å². The maximum absolute atomic E-state index is 5.91. The van der Waals surface area contributed by atoms with Gasteiger partial charge in [0.15, 0.2) is 0 Å². The molecule has 1 aliphatic heterocycles. The average molecular weight is 236 g/mol. The summed E-state index contributed by atoms with van der Waals surface area (Å²) in [6.45, 7) is 2.15. The summed E-state index contributed by atoms with van der Waals surface area (Å²) < 4.78 is 2.14. The van der Waals surface area contributed by atoms with Gasteiger partial charge in [0, 0.05) is 31.4 Å². The van der Waals surface area contributed by atoms with E-state index in [4.69, 9.17) is 11.6 Å². The second-order valence-corrected chi connectivity index (χ2v) is 4.60. The molecule has 0 amide bonds. The normalized spacial score (nSPS) is 20.8. The molecule has 1 unspecified atom stereocenters. The predicted octanol–water partition coefficient (Wildman–Crippen LogP) is 2.40. The van der Waals surface area contributed by atoms with E-state index in [1.165, 1.54) is 12.2 Å². The zero-order valence-corrected chi connectivity index (χ0v) is 9.77. The highest BCUT2D eigenvalue weighted by Gasteiger charge is 2.23. The van der Waals surface area contributed by atoms with E-state index in [0.29, 0.717) is 5.92 Å². The number of hydrogen-bond donors (Lipinski definition) is 0. The highest BCUT2D eigenvalue weighted by molar-refractivity contribution is 6.18. The van der Waals surface area contributed by atoms with Crippen molar-refractivity contribution in [3.05, 3.63) is 30.6 Å². The Kier molecular flexibility index (Phi) is 2.48. The summed E-state index contributed by atoms with van der Waals surface area (Å²) in [5, 5.41) is 0. The lowest BCUT2D eigenvalue weighted by Gasteiger charge is -2.19. The lowest BCUT2D eigenvalue weighted by atomic mass is 10.2. The van der Waals surface area contributed by atoms with Crippen LogP contribution in [0.5, 0.6) is 0 Å². The summed E-state index contributed by atoms with van der Waals surface area (Å²) in [6.07, 6.45) is 5.04. The molecule has 0 spiro atoms. The van der Waals surface area contributed by atoms with Gasteiger partial charge in [-0.2, -0.15) is 0 Å². The van der Waals surface area contributed by atoms with E-state index in [9.17, 15) is 0 Å².